The first-order chi connectivity index (χ1) is 8.32. The van der Waals surface area contributed by atoms with Crippen LogP contribution in [0.5, 0.6) is 0 Å². The molecule has 0 saturated heterocycles. The van der Waals surface area contributed by atoms with Crippen LogP contribution in [0.15, 0.2) is 5.16 Å². The molecule has 0 aliphatic heterocycles. The molecule has 0 aliphatic carbocycles. The largest absolute Gasteiger partial charge is 0.409 e. The number of hydrogen-bond acceptors (Lipinski definition) is 4. The van der Waals surface area contributed by atoms with E-state index < -0.39 is 17.9 Å². The molecule has 8 heteroatoms. The molecule has 108 valence electrons. The van der Waals surface area contributed by atoms with Crippen LogP contribution in [-0.2, 0) is 0 Å². The highest BCUT2D eigenvalue weighted by Gasteiger charge is 2.42. The molecule has 0 amide bonds. The smallest absolute Gasteiger partial charge is 0.400 e. The molecule has 0 aromatic rings. The molecule has 0 spiro atoms. The first-order valence-electron chi connectivity index (χ1n) is 5.68. The lowest BCUT2D eigenvalue weighted by molar-refractivity contribution is -0.155. The molecule has 0 heterocycles. The molecule has 2 unspecified atom stereocenters. The number of rotatable bonds is 8. The zero-order valence-corrected chi connectivity index (χ0v) is 11.3. The fourth-order valence-electron chi connectivity index (χ4n) is 1.28. The van der Waals surface area contributed by atoms with Crippen molar-refractivity contribution in [3.05, 3.63) is 0 Å². The summed E-state index contributed by atoms with van der Waals surface area (Å²) in [4.78, 5) is 0. The molecule has 0 aromatic carbocycles. The normalized spacial score (nSPS) is 16.6. The summed E-state index contributed by atoms with van der Waals surface area (Å²) < 4.78 is 37.8. The molecule has 2 atom stereocenters. The van der Waals surface area contributed by atoms with E-state index in [1.54, 1.807) is 11.8 Å². The highest BCUT2D eigenvalue weighted by Crippen LogP contribution is 2.26. The van der Waals surface area contributed by atoms with Gasteiger partial charge in [0.25, 0.3) is 0 Å². The summed E-state index contributed by atoms with van der Waals surface area (Å²) in [7, 11) is 0. The number of halogens is 3. The van der Waals surface area contributed by atoms with Gasteiger partial charge in [-0.1, -0.05) is 12.1 Å². The van der Waals surface area contributed by atoms with E-state index in [0.717, 1.165) is 17.9 Å². The third-order valence-electron chi connectivity index (χ3n) is 2.44. The van der Waals surface area contributed by atoms with Crippen LogP contribution < -0.4 is 11.1 Å². The van der Waals surface area contributed by atoms with Crippen LogP contribution in [0.2, 0.25) is 0 Å². The van der Waals surface area contributed by atoms with Crippen molar-refractivity contribution in [2.75, 3.05) is 18.1 Å². The molecule has 0 bridgehead atoms. The molecule has 0 aromatic heterocycles. The van der Waals surface area contributed by atoms with E-state index in [9.17, 15) is 13.2 Å². The topological polar surface area (TPSA) is 70.6 Å². The summed E-state index contributed by atoms with van der Waals surface area (Å²) in [6, 6.07) is -0.0413. The second kappa shape index (κ2) is 8.47. The minimum Gasteiger partial charge on any atom is -0.409 e. The Labute approximate surface area is 109 Å². The maximum Gasteiger partial charge on any atom is 0.400 e. The second-order valence-corrected chi connectivity index (χ2v) is 5.31. The Morgan fingerprint density at radius 3 is 2.56 bits per heavy atom. The van der Waals surface area contributed by atoms with Crippen LogP contribution in [-0.4, -0.2) is 41.3 Å². The monoisotopic (exact) mass is 287 g/mol. The number of thioether (sulfide) groups is 1. The third kappa shape index (κ3) is 6.95. The van der Waals surface area contributed by atoms with Gasteiger partial charge in [-0.2, -0.15) is 24.9 Å². The molecule has 4 N–H and O–H groups in total. The van der Waals surface area contributed by atoms with Crippen molar-refractivity contribution in [1.82, 2.24) is 5.32 Å². The van der Waals surface area contributed by atoms with Crippen LogP contribution >= 0.6 is 11.8 Å². The van der Waals surface area contributed by atoms with Gasteiger partial charge in [0.2, 0.25) is 0 Å². The van der Waals surface area contributed by atoms with Gasteiger partial charge in [-0.15, -0.1) is 0 Å². The number of nitrogens with two attached hydrogens (primary N) is 1. The molecule has 0 fully saturated rings. The fraction of sp³-hybridized carbons (Fsp3) is 0.900. The standard InChI is InChI=1S/C10H20F3N3OS/c1-3-18-5-4-7(2)15-6-8(9(14)16-17)10(11,12)13/h7-8,15,17H,3-6H2,1-2H3,(H2,14,16). The Morgan fingerprint density at radius 2 is 2.11 bits per heavy atom. The van der Waals surface area contributed by atoms with Gasteiger partial charge in [-0.05, 0) is 24.9 Å². The molecule has 0 saturated carbocycles. The number of nitrogens with zero attached hydrogens (tertiary/aromatic N) is 1. The van der Waals surface area contributed by atoms with E-state index in [2.05, 4.69) is 10.5 Å². The Hall–Kier alpha value is -0.630. The van der Waals surface area contributed by atoms with Gasteiger partial charge in [0.1, 0.15) is 5.92 Å². The fourth-order valence-corrected chi connectivity index (χ4v) is 2.09. The Morgan fingerprint density at radius 1 is 1.50 bits per heavy atom. The summed E-state index contributed by atoms with van der Waals surface area (Å²) >= 11 is 1.74. The molecular formula is C10H20F3N3OS. The summed E-state index contributed by atoms with van der Waals surface area (Å²) in [6.45, 7) is 3.47. The number of oxime groups is 1. The quantitative estimate of drug-likeness (QED) is 0.210. The lowest BCUT2D eigenvalue weighted by Gasteiger charge is -2.21. The summed E-state index contributed by atoms with van der Waals surface area (Å²) in [6.07, 6.45) is -3.74. The van der Waals surface area contributed by atoms with Gasteiger partial charge in [0, 0.05) is 12.6 Å². The minimum absolute atomic E-state index is 0.0413. The van der Waals surface area contributed by atoms with Gasteiger partial charge in [-0.3, -0.25) is 0 Å². The van der Waals surface area contributed by atoms with Crippen molar-refractivity contribution in [1.29, 1.82) is 0 Å². The lowest BCUT2D eigenvalue weighted by Crippen LogP contribution is -2.45. The van der Waals surface area contributed by atoms with E-state index in [4.69, 9.17) is 10.9 Å². The van der Waals surface area contributed by atoms with Crippen molar-refractivity contribution < 1.29 is 18.4 Å². The molecule has 0 radical (unpaired) electrons. The maximum absolute atomic E-state index is 12.6. The van der Waals surface area contributed by atoms with Crippen LogP contribution in [0, 0.1) is 5.92 Å². The van der Waals surface area contributed by atoms with Crippen LogP contribution in [0.1, 0.15) is 20.3 Å². The molecular weight excluding hydrogens is 267 g/mol. The molecule has 18 heavy (non-hydrogen) atoms. The third-order valence-corrected chi connectivity index (χ3v) is 3.37. The minimum atomic E-state index is -4.51. The zero-order valence-electron chi connectivity index (χ0n) is 10.5. The second-order valence-electron chi connectivity index (χ2n) is 3.91. The van der Waals surface area contributed by atoms with Crippen molar-refractivity contribution in [3.63, 3.8) is 0 Å². The Balaban J connectivity index is 4.20. The Kier molecular flexibility index (Phi) is 8.17. The van der Waals surface area contributed by atoms with E-state index in [1.165, 1.54) is 0 Å². The Bertz CT molecular complexity index is 261. The molecule has 0 aliphatic rings. The number of hydrogen-bond donors (Lipinski definition) is 3. The van der Waals surface area contributed by atoms with Crippen molar-refractivity contribution in [2.45, 2.75) is 32.5 Å². The molecule has 4 nitrogen and oxygen atoms in total. The number of nitrogens with one attached hydrogen (secondary N) is 1. The summed E-state index contributed by atoms with van der Waals surface area (Å²) in [5.41, 5.74) is 5.05. The van der Waals surface area contributed by atoms with Gasteiger partial charge in [-0.25, -0.2) is 0 Å². The number of alkyl halides is 3. The van der Waals surface area contributed by atoms with Crippen molar-refractivity contribution in [3.8, 4) is 0 Å². The number of amidine groups is 1. The average molecular weight is 287 g/mol. The van der Waals surface area contributed by atoms with E-state index in [-0.39, 0.29) is 12.6 Å². The average Bonchev–Trinajstić information content (AvgIpc) is 2.27. The molecule has 0 rings (SSSR count). The van der Waals surface area contributed by atoms with Crippen molar-refractivity contribution in [2.24, 2.45) is 16.8 Å². The zero-order chi connectivity index (χ0) is 14.2. The highest BCUT2D eigenvalue weighted by molar-refractivity contribution is 7.99. The van der Waals surface area contributed by atoms with E-state index in [0.29, 0.717) is 0 Å². The first-order valence-corrected chi connectivity index (χ1v) is 6.83. The lowest BCUT2D eigenvalue weighted by atomic mass is 10.1. The van der Waals surface area contributed by atoms with Crippen LogP contribution in [0.3, 0.4) is 0 Å². The highest BCUT2D eigenvalue weighted by atomic mass is 32.2. The summed E-state index contributed by atoms with van der Waals surface area (Å²) in [5.74, 6) is -0.888. The maximum atomic E-state index is 12.6. The predicted octanol–water partition coefficient (Wildman–Crippen LogP) is 2.03. The van der Waals surface area contributed by atoms with E-state index >= 15 is 0 Å². The van der Waals surface area contributed by atoms with Gasteiger partial charge in [0.15, 0.2) is 5.84 Å². The van der Waals surface area contributed by atoms with Gasteiger partial charge < -0.3 is 16.3 Å². The van der Waals surface area contributed by atoms with Crippen LogP contribution in [0.4, 0.5) is 13.2 Å². The van der Waals surface area contributed by atoms with Gasteiger partial charge >= 0.3 is 6.18 Å². The van der Waals surface area contributed by atoms with E-state index in [1.807, 2.05) is 13.8 Å². The van der Waals surface area contributed by atoms with Crippen molar-refractivity contribution >= 4 is 17.6 Å². The van der Waals surface area contributed by atoms with Gasteiger partial charge in [0.05, 0.1) is 0 Å². The SMILES string of the molecule is CCSCCC(C)NCC(C(N)=NO)C(F)(F)F. The van der Waals surface area contributed by atoms with Crippen LogP contribution in [0.25, 0.3) is 0 Å². The predicted molar refractivity (Wildman–Crippen MR) is 68.0 cm³/mol. The summed E-state index contributed by atoms with van der Waals surface area (Å²) in [5, 5.41) is 13.5. The first kappa shape index (κ1) is 17.4.